The average molecular weight is 554 g/mol. The van der Waals surface area contributed by atoms with Gasteiger partial charge in [0.05, 0.1) is 17.8 Å². The minimum atomic E-state index is -1.05. The van der Waals surface area contributed by atoms with Gasteiger partial charge in [-0.05, 0) is 42.3 Å². The van der Waals surface area contributed by atoms with Crippen LogP contribution in [0.5, 0.6) is 0 Å². The van der Waals surface area contributed by atoms with E-state index in [4.69, 9.17) is 10.8 Å². The van der Waals surface area contributed by atoms with Crippen LogP contribution in [0.3, 0.4) is 0 Å². The molecule has 13 heteroatoms. The number of fused-ring (bicyclic) bond motifs is 1. The fourth-order valence-electron chi connectivity index (χ4n) is 4.17. The van der Waals surface area contributed by atoms with E-state index in [9.17, 15) is 24.0 Å². The van der Waals surface area contributed by atoms with Crippen LogP contribution in [0.4, 0.5) is 17.1 Å². The molecule has 5 rings (SSSR count). The van der Waals surface area contributed by atoms with Crippen LogP contribution >= 0.6 is 0 Å². The van der Waals surface area contributed by atoms with Gasteiger partial charge in [0, 0.05) is 24.4 Å². The third-order valence-corrected chi connectivity index (χ3v) is 6.43. The molecule has 2 heterocycles. The van der Waals surface area contributed by atoms with E-state index >= 15 is 0 Å². The summed E-state index contributed by atoms with van der Waals surface area (Å²) in [7, 11) is 0. The molecular formula is C28H23N7O6. The number of nitrogens with zero attached hydrogens (tertiary/aromatic N) is 3. The molecule has 0 fully saturated rings. The maximum absolute atomic E-state index is 13.2. The normalized spacial score (nSPS) is 11.7. The third-order valence-electron chi connectivity index (χ3n) is 6.43. The first kappa shape index (κ1) is 26.7. The average Bonchev–Trinajstić information content (AvgIpc) is 3.46. The van der Waals surface area contributed by atoms with Gasteiger partial charge in [0.2, 0.25) is 0 Å². The lowest BCUT2D eigenvalue weighted by molar-refractivity contribution is 0.0696. The van der Waals surface area contributed by atoms with Crippen LogP contribution in [0.15, 0.2) is 76.4 Å². The predicted octanol–water partition coefficient (Wildman–Crippen LogP) is 1.77. The number of carbonyl (C=O) groups excluding carboxylic acids is 2. The summed E-state index contributed by atoms with van der Waals surface area (Å²) in [6.45, 7) is 1.85. The molecule has 3 aromatic carbocycles. The molecule has 5 aromatic rings. The zero-order valence-electron chi connectivity index (χ0n) is 21.5. The van der Waals surface area contributed by atoms with E-state index in [0.29, 0.717) is 16.8 Å². The Kier molecular flexibility index (Phi) is 7.00. The van der Waals surface area contributed by atoms with Crippen LogP contribution in [0.25, 0.3) is 5.65 Å². The summed E-state index contributed by atoms with van der Waals surface area (Å²) in [5.74, 6) is -2.10. The molecule has 2 amide bonds. The lowest BCUT2D eigenvalue weighted by Crippen LogP contribution is -2.36. The largest absolute Gasteiger partial charge is 0.478 e. The summed E-state index contributed by atoms with van der Waals surface area (Å²) in [4.78, 5) is 64.7. The predicted molar refractivity (Wildman–Crippen MR) is 149 cm³/mol. The third kappa shape index (κ3) is 5.36. The van der Waals surface area contributed by atoms with Crippen molar-refractivity contribution < 1.29 is 19.5 Å². The Morgan fingerprint density at radius 3 is 2.46 bits per heavy atom. The van der Waals surface area contributed by atoms with Crippen molar-refractivity contribution in [2.75, 3.05) is 11.1 Å². The summed E-state index contributed by atoms with van der Waals surface area (Å²) < 4.78 is 1.31. The number of nitrogen functional groups attached to an aromatic ring is 1. The Hall–Kier alpha value is -5.85. The first-order valence-electron chi connectivity index (χ1n) is 12.3. The number of nitrogens with one attached hydrogen (secondary N) is 3. The number of hydrogen-bond acceptors (Lipinski definition) is 9. The number of carbonyl (C=O) groups is 3. The lowest BCUT2D eigenvalue weighted by Gasteiger charge is -2.15. The Morgan fingerprint density at radius 1 is 1.00 bits per heavy atom. The first-order valence-corrected chi connectivity index (χ1v) is 12.3. The van der Waals surface area contributed by atoms with E-state index in [2.05, 4.69) is 26.0 Å². The molecule has 0 aliphatic rings. The fourth-order valence-corrected chi connectivity index (χ4v) is 4.17. The molecule has 206 valence electrons. The summed E-state index contributed by atoms with van der Waals surface area (Å²) in [6.07, 6.45) is 1.45. The molecule has 41 heavy (non-hydrogen) atoms. The van der Waals surface area contributed by atoms with E-state index in [1.165, 1.54) is 28.9 Å². The lowest BCUT2D eigenvalue weighted by atomic mass is 10.1. The van der Waals surface area contributed by atoms with Gasteiger partial charge in [0.25, 0.3) is 22.7 Å². The van der Waals surface area contributed by atoms with E-state index in [-0.39, 0.29) is 40.5 Å². The van der Waals surface area contributed by atoms with E-state index < -0.39 is 34.7 Å². The minimum absolute atomic E-state index is 0.00704. The van der Waals surface area contributed by atoms with Crippen LogP contribution in [0.2, 0.25) is 0 Å². The topological polar surface area (TPSA) is 198 Å². The van der Waals surface area contributed by atoms with Crippen molar-refractivity contribution in [3.63, 3.8) is 0 Å². The van der Waals surface area contributed by atoms with E-state index in [1.807, 2.05) is 0 Å². The van der Waals surface area contributed by atoms with Gasteiger partial charge >= 0.3 is 5.97 Å². The summed E-state index contributed by atoms with van der Waals surface area (Å²) in [5.41, 5.74) is 6.45. The van der Waals surface area contributed by atoms with Crippen molar-refractivity contribution in [3.05, 3.63) is 115 Å². The minimum Gasteiger partial charge on any atom is -0.478 e. The second-order valence-corrected chi connectivity index (χ2v) is 9.21. The smallest absolute Gasteiger partial charge is 0.335 e. The van der Waals surface area contributed by atoms with Crippen molar-refractivity contribution >= 4 is 40.5 Å². The highest BCUT2D eigenvalue weighted by atomic mass is 16.4. The van der Waals surface area contributed by atoms with Crippen LogP contribution in [-0.2, 0) is 6.54 Å². The van der Waals surface area contributed by atoms with Crippen molar-refractivity contribution in [3.8, 4) is 0 Å². The van der Waals surface area contributed by atoms with Crippen molar-refractivity contribution in [2.45, 2.75) is 19.5 Å². The van der Waals surface area contributed by atoms with E-state index in [0.717, 1.165) is 0 Å². The highest BCUT2D eigenvalue weighted by molar-refractivity contribution is 5.98. The first-order chi connectivity index (χ1) is 19.6. The highest BCUT2D eigenvalue weighted by Crippen LogP contribution is 2.19. The van der Waals surface area contributed by atoms with Gasteiger partial charge in [-0.25, -0.2) is 14.3 Å². The molecule has 0 saturated carbocycles. The molecular weight excluding hydrogens is 530 g/mol. The molecule has 0 saturated heterocycles. The number of carboxylic acid groups (broad SMARTS) is 1. The fraction of sp³-hybridized carbons (Fsp3) is 0.107. The van der Waals surface area contributed by atoms with Crippen LogP contribution in [-0.4, -0.2) is 37.5 Å². The van der Waals surface area contributed by atoms with Crippen LogP contribution in [0.1, 0.15) is 55.4 Å². The molecule has 1 atom stereocenters. The number of nitrogens with two attached hydrogens (primary N) is 1. The molecule has 0 spiro atoms. The van der Waals surface area contributed by atoms with Gasteiger partial charge in [-0.2, -0.15) is 5.10 Å². The number of rotatable bonds is 9. The Bertz CT molecular complexity index is 1890. The van der Waals surface area contributed by atoms with Crippen LogP contribution in [0, 0.1) is 0 Å². The maximum Gasteiger partial charge on any atom is 0.335 e. The Balaban J connectivity index is 1.29. The second-order valence-electron chi connectivity index (χ2n) is 9.21. The molecule has 2 aromatic heterocycles. The Labute approximate surface area is 231 Å². The summed E-state index contributed by atoms with van der Waals surface area (Å²) in [5, 5.41) is 21.6. The molecule has 0 radical (unpaired) electrons. The van der Waals surface area contributed by atoms with Gasteiger partial charge < -0.3 is 26.8 Å². The number of carboxylic acids is 1. The Morgan fingerprint density at radius 2 is 1.76 bits per heavy atom. The maximum atomic E-state index is 13.2. The summed E-state index contributed by atoms with van der Waals surface area (Å²) in [6, 6.07) is 15.4. The van der Waals surface area contributed by atoms with E-state index in [1.54, 1.807) is 49.4 Å². The van der Waals surface area contributed by atoms with Gasteiger partial charge in [0.15, 0.2) is 5.65 Å². The monoisotopic (exact) mass is 553 g/mol. The molecule has 6 N–H and O–H groups in total. The number of hydrogen-bond donors (Lipinski definition) is 5. The summed E-state index contributed by atoms with van der Waals surface area (Å²) >= 11 is 0. The molecule has 0 aliphatic carbocycles. The number of amides is 2. The number of aromatic nitrogens is 3. The zero-order valence-corrected chi connectivity index (χ0v) is 21.5. The zero-order chi connectivity index (χ0) is 29.3. The van der Waals surface area contributed by atoms with Crippen LogP contribution < -0.4 is 32.5 Å². The molecule has 0 bridgehead atoms. The van der Waals surface area contributed by atoms with Crippen molar-refractivity contribution in [1.29, 1.82) is 0 Å². The second kappa shape index (κ2) is 10.7. The number of aromatic carboxylic acids is 1. The van der Waals surface area contributed by atoms with Crippen molar-refractivity contribution in [1.82, 2.24) is 25.2 Å². The van der Waals surface area contributed by atoms with Gasteiger partial charge in [-0.3, -0.25) is 19.2 Å². The standard InChI is InChI=1S/C28H23N7O6/c1-14(16-5-7-17(8-6-16)28(40)41)32-27(39)20-12-19(34-21-9-10-31-35(20)21)26(38)30-13-15-3-2-4-18(11-15)33-23-22(29)24(36)25(23)37/h2-12,14,33H,13,29H2,1H3,(H,30,38)(H,32,39)(H,40,41)/t14-/m1/s1. The SMILES string of the molecule is C[C@@H](NC(=O)c1cc(C(=O)NCc2cccc(Nc3c(N)c(=O)c3=O)c2)nc2ccnn12)c1ccc(C(=O)O)cc1. The molecule has 0 aliphatic heterocycles. The van der Waals surface area contributed by atoms with Gasteiger partial charge in [-0.15, -0.1) is 0 Å². The van der Waals surface area contributed by atoms with Gasteiger partial charge in [-0.1, -0.05) is 24.3 Å². The quantitative estimate of drug-likeness (QED) is 0.168. The molecule has 0 unspecified atom stereocenters. The highest BCUT2D eigenvalue weighted by Gasteiger charge is 2.20. The number of benzene rings is 2. The number of anilines is 3. The van der Waals surface area contributed by atoms with Crippen molar-refractivity contribution in [2.24, 2.45) is 0 Å². The van der Waals surface area contributed by atoms with Gasteiger partial charge in [0.1, 0.15) is 22.8 Å². The molecule has 13 nitrogen and oxygen atoms in total.